The molecule has 0 unspecified atom stereocenters. The second kappa shape index (κ2) is 3.05. The zero-order chi connectivity index (χ0) is 7.61. The molecule has 10 heavy (non-hydrogen) atoms. The van der Waals surface area contributed by atoms with E-state index in [2.05, 4.69) is 39.0 Å². The van der Waals surface area contributed by atoms with Gasteiger partial charge in [-0.2, -0.15) is 0 Å². The fraction of sp³-hybridized carbons (Fsp3) is 0.556. The minimum absolute atomic E-state index is 0.267. The maximum atomic E-state index is 2.33. The van der Waals surface area contributed by atoms with E-state index in [1.165, 1.54) is 6.42 Å². The van der Waals surface area contributed by atoms with Crippen molar-refractivity contribution >= 4 is 0 Å². The van der Waals surface area contributed by atoms with Gasteiger partial charge < -0.3 is 0 Å². The molecule has 0 aromatic rings. The molecule has 60 valence electrons. The van der Waals surface area contributed by atoms with E-state index in [0.29, 0.717) is 3.80 Å². The summed E-state index contributed by atoms with van der Waals surface area (Å²) in [6.45, 7) is 7.00. The van der Waals surface area contributed by atoms with Crippen LogP contribution < -0.4 is 0 Å². The van der Waals surface area contributed by atoms with E-state index < -0.39 is 0 Å². The fourth-order valence-electron chi connectivity index (χ4n) is 0.771. The molecule has 0 nitrogen and oxygen atoms in total. The van der Waals surface area contributed by atoms with Crippen LogP contribution in [0.1, 0.15) is 27.2 Å². The van der Waals surface area contributed by atoms with Gasteiger partial charge >= 0.3 is 71.7 Å². The average molecular weight is 317 g/mol. The summed E-state index contributed by atoms with van der Waals surface area (Å²) < 4.78 is 2.25. The fourth-order valence-corrected chi connectivity index (χ4v) is 3.87. The second-order valence-corrected chi connectivity index (χ2v) is 8.70. The van der Waals surface area contributed by atoms with Crippen molar-refractivity contribution in [3.05, 3.63) is 22.2 Å². The van der Waals surface area contributed by atoms with Gasteiger partial charge in [0.25, 0.3) is 0 Å². The summed E-state index contributed by atoms with van der Waals surface area (Å²) in [7, 11) is 0. The van der Waals surface area contributed by atoms with Gasteiger partial charge in [-0.05, 0) is 0 Å². The molecule has 1 rings (SSSR count). The van der Waals surface area contributed by atoms with Crippen LogP contribution in [-0.4, -0.2) is 0 Å². The second-order valence-electron chi connectivity index (χ2n) is 3.26. The Morgan fingerprint density at radius 1 is 1.40 bits per heavy atom. The third-order valence-electron chi connectivity index (χ3n) is 1.04. The van der Waals surface area contributed by atoms with E-state index in [0.717, 1.165) is 0 Å². The number of hydrogen-bond donors (Lipinski definition) is 0. The first kappa shape index (κ1) is 8.27. The Morgan fingerprint density at radius 2 is 2.10 bits per heavy atom. The van der Waals surface area contributed by atoms with E-state index in [4.69, 9.17) is 0 Å². The molecule has 0 atom stereocenters. The first-order chi connectivity index (χ1) is 4.58. The Labute approximate surface area is 71.9 Å². The summed E-state index contributed by atoms with van der Waals surface area (Å²) in [5.41, 5.74) is 0. The molecule has 1 aliphatic rings. The topological polar surface area (TPSA) is 0 Å². The van der Waals surface area contributed by atoms with Crippen LogP contribution in [0.4, 0.5) is 0 Å². The van der Waals surface area contributed by atoms with Gasteiger partial charge in [0.2, 0.25) is 0 Å². The van der Waals surface area contributed by atoms with Crippen LogP contribution in [0.3, 0.4) is 0 Å². The summed E-state index contributed by atoms with van der Waals surface area (Å²) in [4.78, 5) is 0. The molecule has 0 saturated heterocycles. The molecule has 0 heterocycles. The molecule has 0 fully saturated rings. The summed E-state index contributed by atoms with van der Waals surface area (Å²) in [5.74, 6) is 0. The van der Waals surface area contributed by atoms with Gasteiger partial charge in [0.1, 0.15) is 0 Å². The number of allylic oxidation sites excluding steroid dienone is 4. The molecule has 0 aliphatic heterocycles. The third-order valence-corrected chi connectivity index (χ3v) is 4.32. The predicted molar refractivity (Wildman–Crippen MR) is 41.6 cm³/mol. The van der Waals surface area contributed by atoms with Crippen molar-refractivity contribution in [1.82, 2.24) is 0 Å². The molecular formula is C9H14Pt. The van der Waals surface area contributed by atoms with Crippen LogP contribution in [0.2, 0.25) is 3.80 Å². The van der Waals surface area contributed by atoms with Gasteiger partial charge in [0, 0.05) is 0 Å². The molecule has 0 aromatic heterocycles. The van der Waals surface area contributed by atoms with Crippen LogP contribution in [0.5, 0.6) is 0 Å². The Morgan fingerprint density at radius 3 is 2.50 bits per heavy atom. The van der Waals surface area contributed by atoms with Crippen LogP contribution >= 0.6 is 0 Å². The standard InChI is InChI=1S/C5H5.C4H9.Pt/c1-2-4-5-3-1;1-4(2)3;/h1-3H,4H2;1-3H3;. The SMILES string of the molecule is C[C](C)(C)[Pt][C]1=CC=CC1. The monoisotopic (exact) mass is 317 g/mol. The van der Waals surface area contributed by atoms with Gasteiger partial charge in [0.05, 0.1) is 0 Å². The van der Waals surface area contributed by atoms with Gasteiger partial charge in [-0.1, -0.05) is 0 Å². The first-order valence-corrected chi connectivity index (χ1v) is 5.81. The van der Waals surface area contributed by atoms with Crippen molar-refractivity contribution in [2.75, 3.05) is 0 Å². The average Bonchev–Trinajstić information content (AvgIpc) is 2.12. The van der Waals surface area contributed by atoms with Crippen molar-refractivity contribution in [3.8, 4) is 0 Å². The molecule has 0 spiro atoms. The van der Waals surface area contributed by atoms with Gasteiger partial charge in [-0.15, -0.1) is 0 Å². The van der Waals surface area contributed by atoms with Crippen molar-refractivity contribution in [2.45, 2.75) is 31.0 Å². The molecule has 1 heteroatoms. The summed E-state index contributed by atoms with van der Waals surface area (Å²) in [5, 5.41) is 0. The van der Waals surface area contributed by atoms with E-state index in [-0.39, 0.29) is 18.6 Å². The van der Waals surface area contributed by atoms with Gasteiger partial charge in [-0.25, -0.2) is 0 Å². The van der Waals surface area contributed by atoms with Crippen LogP contribution in [0.15, 0.2) is 22.2 Å². The van der Waals surface area contributed by atoms with E-state index >= 15 is 0 Å². The van der Waals surface area contributed by atoms with E-state index in [9.17, 15) is 0 Å². The quantitative estimate of drug-likeness (QED) is 0.697. The van der Waals surface area contributed by atoms with Crippen molar-refractivity contribution in [2.24, 2.45) is 0 Å². The van der Waals surface area contributed by atoms with Gasteiger partial charge in [0.15, 0.2) is 0 Å². The zero-order valence-corrected chi connectivity index (χ0v) is 9.03. The van der Waals surface area contributed by atoms with E-state index in [1.54, 1.807) is 3.96 Å². The summed E-state index contributed by atoms with van der Waals surface area (Å²) in [6.07, 6.45) is 7.95. The summed E-state index contributed by atoms with van der Waals surface area (Å²) >= 11 is 0.267. The van der Waals surface area contributed by atoms with E-state index in [1.807, 2.05) is 0 Å². The molecule has 0 aromatic carbocycles. The first-order valence-electron chi connectivity index (χ1n) is 3.53. The Hall–Kier alpha value is 0.168. The predicted octanol–water partition coefficient (Wildman–Crippen LogP) is 3.13. The number of rotatable bonds is 1. The molecule has 0 saturated carbocycles. The Kier molecular flexibility index (Phi) is 2.52. The minimum atomic E-state index is 0.267. The molecule has 0 amide bonds. The number of hydrogen-bond acceptors (Lipinski definition) is 0. The molecule has 0 radical (unpaired) electrons. The van der Waals surface area contributed by atoms with Crippen molar-refractivity contribution in [3.63, 3.8) is 0 Å². The zero-order valence-electron chi connectivity index (χ0n) is 6.76. The Balaban J connectivity index is 2.41. The van der Waals surface area contributed by atoms with Crippen molar-refractivity contribution in [1.29, 1.82) is 0 Å². The molecule has 0 N–H and O–H groups in total. The maximum absolute atomic E-state index is 2.33. The van der Waals surface area contributed by atoms with Gasteiger partial charge in [-0.3, -0.25) is 0 Å². The molecule has 0 bridgehead atoms. The van der Waals surface area contributed by atoms with Crippen molar-refractivity contribution < 1.29 is 18.6 Å². The molecular weight excluding hydrogens is 303 g/mol. The normalized spacial score (nSPS) is 18.1. The summed E-state index contributed by atoms with van der Waals surface area (Å²) in [6, 6.07) is 0. The third kappa shape index (κ3) is 2.83. The van der Waals surface area contributed by atoms with Crippen LogP contribution in [0, 0.1) is 0 Å². The van der Waals surface area contributed by atoms with Crippen LogP contribution in [-0.2, 0) is 18.6 Å². The Bertz CT molecular complexity index is 170. The van der Waals surface area contributed by atoms with Crippen LogP contribution in [0.25, 0.3) is 0 Å². The molecule has 1 aliphatic carbocycles.